The summed E-state index contributed by atoms with van der Waals surface area (Å²) in [6.07, 6.45) is 3.36. The number of carbonyl (C=O) groups excluding carboxylic acids is 2. The van der Waals surface area contributed by atoms with Crippen LogP contribution in [0.1, 0.15) is 12.0 Å². The van der Waals surface area contributed by atoms with Crippen LogP contribution in [0.15, 0.2) is 71.8 Å². The molecule has 1 fully saturated rings. The molecule has 1 aliphatic heterocycles. The minimum absolute atomic E-state index is 0.000834. The lowest BCUT2D eigenvalue weighted by molar-refractivity contribution is -0.305. The summed E-state index contributed by atoms with van der Waals surface area (Å²) in [6, 6.07) is 19.4. The Morgan fingerprint density at radius 2 is 1.77 bits per heavy atom. The Labute approximate surface area is 182 Å². The number of aliphatic carboxylic acids is 1. The first kappa shape index (κ1) is 20.1. The average Bonchev–Trinajstić information content (AvgIpc) is 3.29. The molecule has 0 atom stereocenters. The lowest BCUT2D eigenvalue weighted by Crippen LogP contribution is -2.33. The molecule has 2 heterocycles. The van der Waals surface area contributed by atoms with Crippen LogP contribution in [0.5, 0.6) is 0 Å². The summed E-state index contributed by atoms with van der Waals surface area (Å²) in [6.45, 7) is -0.000834. The van der Waals surface area contributed by atoms with Gasteiger partial charge in [0.25, 0.3) is 5.91 Å². The topological polar surface area (TPSA) is 78.3 Å². The highest BCUT2D eigenvalue weighted by Crippen LogP contribution is 2.34. The number of hydrogen-bond donors (Lipinski definition) is 0. The molecule has 6 nitrogen and oxygen atoms in total. The molecule has 0 radical (unpaired) electrons. The zero-order chi connectivity index (χ0) is 21.1. The summed E-state index contributed by atoms with van der Waals surface area (Å²) in [5.41, 5.74) is 3.33. The van der Waals surface area contributed by atoms with E-state index in [0.29, 0.717) is 9.23 Å². The molecule has 3 aromatic rings. The second kappa shape index (κ2) is 8.64. The van der Waals surface area contributed by atoms with Crippen molar-refractivity contribution in [2.45, 2.75) is 6.42 Å². The van der Waals surface area contributed by atoms with Crippen molar-refractivity contribution >= 4 is 46.3 Å². The van der Waals surface area contributed by atoms with Gasteiger partial charge in [-0.1, -0.05) is 72.5 Å². The maximum atomic E-state index is 12.8. The summed E-state index contributed by atoms with van der Waals surface area (Å²) in [7, 11) is 0. The van der Waals surface area contributed by atoms with Crippen molar-refractivity contribution in [2.75, 3.05) is 6.54 Å². The summed E-state index contributed by atoms with van der Waals surface area (Å²) in [5, 5.41) is 15.5. The molecule has 150 valence electrons. The van der Waals surface area contributed by atoms with E-state index < -0.39 is 5.97 Å². The maximum Gasteiger partial charge on any atom is 0.266 e. The summed E-state index contributed by atoms with van der Waals surface area (Å²) < 4.78 is 2.11. The van der Waals surface area contributed by atoms with Gasteiger partial charge in [0.05, 0.1) is 16.3 Å². The fourth-order valence-electron chi connectivity index (χ4n) is 3.06. The molecule has 1 saturated heterocycles. The molecule has 0 spiro atoms. The molecule has 2 aromatic carbocycles. The van der Waals surface area contributed by atoms with E-state index in [1.165, 1.54) is 4.90 Å². The number of nitrogens with zero attached hydrogens (tertiary/aromatic N) is 3. The second-order valence-electron chi connectivity index (χ2n) is 6.53. The zero-order valence-electron chi connectivity index (χ0n) is 15.7. The number of carboxylic acid groups (broad SMARTS) is 1. The Hall–Kier alpha value is -3.23. The van der Waals surface area contributed by atoms with Crippen molar-refractivity contribution in [3.63, 3.8) is 0 Å². The quantitative estimate of drug-likeness (QED) is 0.439. The largest absolute Gasteiger partial charge is 0.550 e. The number of carbonyl (C=O) groups is 2. The molecule has 0 aliphatic carbocycles. The normalized spacial score (nSPS) is 15.2. The highest BCUT2D eigenvalue weighted by molar-refractivity contribution is 8.26. The van der Waals surface area contributed by atoms with Crippen LogP contribution in [0.4, 0.5) is 0 Å². The monoisotopic (exact) mass is 434 g/mol. The number of amides is 1. The summed E-state index contributed by atoms with van der Waals surface area (Å²) in [4.78, 5) is 25.3. The predicted octanol–water partition coefficient (Wildman–Crippen LogP) is 2.88. The molecule has 0 unspecified atom stereocenters. The van der Waals surface area contributed by atoms with Crippen molar-refractivity contribution < 1.29 is 14.7 Å². The Morgan fingerprint density at radius 3 is 2.43 bits per heavy atom. The van der Waals surface area contributed by atoms with E-state index in [2.05, 4.69) is 0 Å². The molecule has 8 heteroatoms. The number of para-hydroxylation sites is 1. The van der Waals surface area contributed by atoms with E-state index in [4.69, 9.17) is 17.3 Å². The van der Waals surface area contributed by atoms with Gasteiger partial charge in [0.1, 0.15) is 4.32 Å². The Bertz CT molecular complexity index is 1140. The minimum atomic E-state index is -1.22. The molecular formula is C22H16N3O3S2-. The van der Waals surface area contributed by atoms with E-state index in [9.17, 15) is 14.7 Å². The predicted molar refractivity (Wildman–Crippen MR) is 119 cm³/mol. The number of carboxylic acids is 1. The number of hydrogen-bond acceptors (Lipinski definition) is 6. The third kappa shape index (κ3) is 4.19. The van der Waals surface area contributed by atoms with Gasteiger partial charge in [-0.05, 0) is 18.2 Å². The van der Waals surface area contributed by atoms with Crippen molar-refractivity contribution in [3.8, 4) is 16.9 Å². The van der Waals surface area contributed by atoms with Gasteiger partial charge >= 0.3 is 0 Å². The first-order chi connectivity index (χ1) is 14.5. The van der Waals surface area contributed by atoms with E-state index in [1.54, 1.807) is 10.8 Å². The van der Waals surface area contributed by atoms with Gasteiger partial charge < -0.3 is 9.90 Å². The highest BCUT2D eigenvalue weighted by Gasteiger charge is 2.32. The average molecular weight is 435 g/mol. The molecule has 0 N–H and O–H groups in total. The van der Waals surface area contributed by atoms with Crippen LogP contribution in [0.2, 0.25) is 0 Å². The van der Waals surface area contributed by atoms with Crippen LogP contribution in [-0.2, 0) is 9.59 Å². The Morgan fingerprint density at radius 1 is 1.10 bits per heavy atom. The Kier molecular flexibility index (Phi) is 5.78. The van der Waals surface area contributed by atoms with E-state index >= 15 is 0 Å². The standard InChI is InChI=1S/C22H17N3O3S2/c26-19(27)11-12-24-21(28)18(30-22(24)29)13-16-14-25(17-9-5-2-6-10-17)23-20(16)15-7-3-1-4-8-15/h1-10,13-14H,11-12H2,(H,26,27)/p-1/b18-13-. The third-order valence-electron chi connectivity index (χ3n) is 4.51. The van der Waals surface area contributed by atoms with E-state index in [0.717, 1.165) is 34.3 Å². The highest BCUT2D eigenvalue weighted by atomic mass is 32.2. The smallest absolute Gasteiger partial charge is 0.266 e. The molecule has 0 saturated carbocycles. The van der Waals surface area contributed by atoms with Gasteiger partial charge in [-0.25, -0.2) is 4.68 Å². The van der Waals surface area contributed by atoms with Crippen LogP contribution in [0, 0.1) is 0 Å². The van der Waals surface area contributed by atoms with Gasteiger partial charge in [-0.15, -0.1) is 0 Å². The fourth-order valence-corrected chi connectivity index (χ4v) is 4.36. The molecule has 1 aromatic heterocycles. The van der Waals surface area contributed by atoms with Gasteiger partial charge in [0.2, 0.25) is 0 Å². The van der Waals surface area contributed by atoms with Gasteiger partial charge in [0.15, 0.2) is 0 Å². The SMILES string of the molecule is O=C([O-])CCN1C(=O)/C(=C/c2cn(-c3ccccc3)nc2-c2ccccc2)SC1=S. The lowest BCUT2D eigenvalue weighted by atomic mass is 10.1. The number of aromatic nitrogens is 2. The third-order valence-corrected chi connectivity index (χ3v) is 5.89. The van der Waals surface area contributed by atoms with Gasteiger partial charge in [-0.2, -0.15) is 5.10 Å². The molecular weight excluding hydrogens is 418 g/mol. The first-order valence-corrected chi connectivity index (χ1v) is 10.4. The van der Waals surface area contributed by atoms with E-state index in [-0.39, 0.29) is 18.9 Å². The van der Waals surface area contributed by atoms with Crippen LogP contribution < -0.4 is 5.11 Å². The molecule has 30 heavy (non-hydrogen) atoms. The van der Waals surface area contributed by atoms with Crippen LogP contribution in [0.25, 0.3) is 23.0 Å². The van der Waals surface area contributed by atoms with Crippen molar-refractivity contribution in [1.29, 1.82) is 0 Å². The molecule has 1 aliphatic rings. The molecule has 1 amide bonds. The van der Waals surface area contributed by atoms with E-state index in [1.807, 2.05) is 66.9 Å². The number of thiocarbonyl (C=S) groups is 1. The summed E-state index contributed by atoms with van der Waals surface area (Å²) >= 11 is 6.42. The van der Waals surface area contributed by atoms with Crippen molar-refractivity contribution in [1.82, 2.24) is 14.7 Å². The van der Waals surface area contributed by atoms with Crippen LogP contribution in [-0.4, -0.2) is 37.4 Å². The Balaban J connectivity index is 1.73. The zero-order valence-corrected chi connectivity index (χ0v) is 17.4. The number of rotatable bonds is 6. The van der Waals surface area contributed by atoms with Crippen molar-refractivity contribution in [2.24, 2.45) is 0 Å². The van der Waals surface area contributed by atoms with Crippen LogP contribution >= 0.6 is 24.0 Å². The molecule has 4 rings (SSSR count). The van der Waals surface area contributed by atoms with Crippen LogP contribution in [0.3, 0.4) is 0 Å². The summed E-state index contributed by atoms with van der Waals surface area (Å²) in [5.74, 6) is -1.53. The maximum absolute atomic E-state index is 12.8. The van der Waals surface area contributed by atoms with Crippen molar-refractivity contribution in [3.05, 3.63) is 77.3 Å². The van der Waals surface area contributed by atoms with Gasteiger partial charge in [-0.3, -0.25) is 9.69 Å². The lowest BCUT2D eigenvalue weighted by Gasteiger charge is -2.14. The fraction of sp³-hybridized carbons (Fsp3) is 0.0909. The minimum Gasteiger partial charge on any atom is -0.550 e. The first-order valence-electron chi connectivity index (χ1n) is 9.18. The number of thioether (sulfide) groups is 1. The second-order valence-corrected chi connectivity index (χ2v) is 8.21. The molecule has 0 bridgehead atoms. The number of benzene rings is 2. The van der Waals surface area contributed by atoms with Gasteiger partial charge in [0, 0.05) is 36.3 Å².